The van der Waals surface area contributed by atoms with E-state index in [2.05, 4.69) is 9.88 Å². The van der Waals surface area contributed by atoms with Gasteiger partial charge in [0.2, 0.25) is 15.8 Å². The van der Waals surface area contributed by atoms with E-state index in [-0.39, 0.29) is 5.75 Å². The first-order valence-corrected chi connectivity index (χ1v) is 4.97. The molecule has 0 spiro atoms. The lowest BCUT2D eigenvalue weighted by molar-refractivity contribution is 0.367. The Bertz CT molecular complexity index is 458. The van der Waals surface area contributed by atoms with Gasteiger partial charge in [0.25, 0.3) is 0 Å². The molecule has 14 heavy (non-hydrogen) atoms. The van der Waals surface area contributed by atoms with Crippen LogP contribution in [0, 0.1) is 11.6 Å². The largest absolute Gasteiger partial charge is 0.494 e. The van der Waals surface area contributed by atoms with E-state index in [1.54, 1.807) is 0 Å². The van der Waals surface area contributed by atoms with Gasteiger partial charge >= 0.3 is 0 Å². The molecule has 0 aromatic heterocycles. The fraction of sp³-hybridized carbons (Fsp3) is 0.143. The molecule has 0 aliphatic heterocycles. The van der Waals surface area contributed by atoms with Crippen molar-refractivity contribution >= 4 is 10.0 Å². The first kappa shape index (κ1) is 10.9. The van der Waals surface area contributed by atoms with Crippen molar-refractivity contribution in [3.8, 4) is 5.75 Å². The first-order chi connectivity index (χ1) is 6.38. The van der Waals surface area contributed by atoms with Gasteiger partial charge in [-0.2, -0.15) is 4.39 Å². The highest BCUT2D eigenvalue weighted by Crippen LogP contribution is 2.24. The minimum Gasteiger partial charge on any atom is -0.494 e. The summed E-state index contributed by atoms with van der Waals surface area (Å²) in [7, 11) is -3.12. The number of halogens is 2. The molecule has 4 nitrogen and oxygen atoms in total. The highest BCUT2D eigenvalue weighted by Gasteiger charge is 2.20. The van der Waals surface area contributed by atoms with Crippen LogP contribution in [0.3, 0.4) is 0 Å². The van der Waals surface area contributed by atoms with Crippen LogP contribution in [-0.4, -0.2) is 15.5 Å². The topological polar surface area (TPSA) is 69.4 Å². The molecule has 0 aliphatic rings. The molecule has 7 heteroatoms. The quantitative estimate of drug-likeness (QED) is 0.799. The summed E-state index contributed by atoms with van der Waals surface area (Å²) in [5.74, 6) is -3.29. The molecule has 0 amide bonds. The molecule has 1 rings (SSSR count). The van der Waals surface area contributed by atoms with Gasteiger partial charge in [0, 0.05) is 0 Å². The highest BCUT2D eigenvalue weighted by atomic mass is 32.2. The maximum Gasteiger partial charge on any atom is 0.241 e. The standard InChI is InChI=1S/C7H7F2NO3S/c1-13-4-2-3-5(14(10,11)12)7(9)6(4)8/h2-3H,1H3,(H2,10,11,12). The summed E-state index contributed by atoms with van der Waals surface area (Å²) in [5, 5.41) is 4.64. The molecule has 78 valence electrons. The fourth-order valence-electron chi connectivity index (χ4n) is 0.891. The minimum absolute atomic E-state index is 0.380. The number of methoxy groups -OCH3 is 1. The van der Waals surface area contributed by atoms with E-state index >= 15 is 0 Å². The van der Waals surface area contributed by atoms with Crippen molar-refractivity contribution in [2.24, 2.45) is 5.14 Å². The van der Waals surface area contributed by atoms with Gasteiger partial charge in [0.05, 0.1) is 7.11 Å². The zero-order valence-electron chi connectivity index (χ0n) is 7.12. The zero-order valence-corrected chi connectivity index (χ0v) is 7.94. The Kier molecular flexibility index (Phi) is 2.72. The van der Waals surface area contributed by atoms with E-state index in [1.807, 2.05) is 0 Å². The van der Waals surface area contributed by atoms with Gasteiger partial charge in [-0.25, -0.2) is 17.9 Å². The van der Waals surface area contributed by atoms with E-state index in [0.29, 0.717) is 0 Å². The molecule has 0 saturated carbocycles. The van der Waals surface area contributed by atoms with Crippen LogP contribution >= 0.6 is 0 Å². The third-order valence-corrected chi connectivity index (χ3v) is 2.47. The summed E-state index contributed by atoms with van der Waals surface area (Å²) >= 11 is 0. The first-order valence-electron chi connectivity index (χ1n) is 3.42. The second-order valence-electron chi connectivity index (χ2n) is 2.44. The number of benzene rings is 1. The summed E-state index contributed by atoms with van der Waals surface area (Å²) < 4.78 is 51.9. The van der Waals surface area contributed by atoms with Crippen LogP contribution in [0.2, 0.25) is 0 Å². The monoisotopic (exact) mass is 223 g/mol. The van der Waals surface area contributed by atoms with Crippen molar-refractivity contribution < 1.29 is 21.9 Å². The Balaban J connectivity index is 3.47. The van der Waals surface area contributed by atoms with Gasteiger partial charge in [0.1, 0.15) is 4.90 Å². The van der Waals surface area contributed by atoms with Crippen LogP contribution in [0.4, 0.5) is 8.78 Å². The van der Waals surface area contributed by atoms with Gasteiger partial charge in [-0.1, -0.05) is 0 Å². The molecule has 0 fully saturated rings. The lowest BCUT2D eigenvalue weighted by atomic mass is 10.3. The molecule has 1 aromatic rings. The van der Waals surface area contributed by atoms with Gasteiger partial charge in [-0.3, -0.25) is 0 Å². The van der Waals surface area contributed by atoms with Gasteiger partial charge in [-0.05, 0) is 12.1 Å². The Morgan fingerprint density at radius 3 is 2.29 bits per heavy atom. The van der Waals surface area contributed by atoms with E-state index in [9.17, 15) is 17.2 Å². The van der Waals surface area contributed by atoms with Gasteiger partial charge < -0.3 is 4.74 Å². The van der Waals surface area contributed by atoms with E-state index in [4.69, 9.17) is 0 Å². The van der Waals surface area contributed by atoms with Crippen molar-refractivity contribution in [3.63, 3.8) is 0 Å². The number of hydrogen-bond donors (Lipinski definition) is 1. The molecule has 0 aliphatic carbocycles. The second kappa shape index (κ2) is 3.50. The number of rotatable bonds is 2. The van der Waals surface area contributed by atoms with Crippen molar-refractivity contribution in [1.29, 1.82) is 0 Å². The highest BCUT2D eigenvalue weighted by molar-refractivity contribution is 7.89. The third kappa shape index (κ3) is 1.83. The molecule has 0 heterocycles. The van der Waals surface area contributed by atoms with Crippen LogP contribution in [0.25, 0.3) is 0 Å². The third-order valence-electron chi connectivity index (χ3n) is 1.54. The number of ether oxygens (including phenoxy) is 1. The van der Waals surface area contributed by atoms with Crippen LogP contribution in [-0.2, 0) is 10.0 Å². The Hall–Kier alpha value is -1.21. The number of hydrogen-bond acceptors (Lipinski definition) is 3. The SMILES string of the molecule is COc1ccc(S(N)(=O)=O)c(F)c1F. The molecule has 0 bridgehead atoms. The predicted octanol–water partition coefficient (Wildman–Crippen LogP) is 0.621. The maximum atomic E-state index is 13.0. The molecule has 1 aromatic carbocycles. The van der Waals surface area contributed by atoms with Crippen molar-refractivity contribution in [3.05, 3.63) is 23.8 Å². The zero-order chi connectivity index (χ0) is 10.9. The molecular weight excluding hydrogens is 216 g/mol. The van der Waals surface area contributed by atoms with Gasteiger partial charge in [-0.15, -0.1) is 0 Å². The van der Waals surface area contributed by atoms with Crippen LogP contribution in [0.15, 0.2) is 17.0 Å². The number of primary sulfonamides is 1. The maximum absolute atomic E-state index is 13.0. The van der Waals surface area contributed by atoms with Crippen molar-refractivity contribution in [2.45, 2.75) is 4.90 Å². The summed E-state index contributed by atoms with van der Waals surface area (Å²) in [5.41, 5.74) is 0. The molecular formula is C7H7F2NO3S. The summed E-state index contributed by atoms with van der Waals surface area (Å²) in [6, 6.07) is 1.82. The minimum atomic E-state index is -4.25. The van der Waals surface area contributed by atoms with Crippen LogP contribution in [0.5, 0.6) is 5.75 Å². The molecule has 0 saturated heterocycles. The lowest BCUT2D eigenvalue weighted by Crippen LogP contribution is -2.15. The Morgan fingerprint density at radius 2 is 1.86 bits per heavy atom. The summed E-state index contributed by atoms with van der Waals surface area (Å²) in [4.78, 5) is -0.893. The van der Waals surface area contributed by atoms with Crippen molar-refractivity contribution in [2.75, 3.05) is 7.11 Å². The number of sulfonamides is 1. The van der Waals surface area contributed by atoms with Crippen LogP contribution < -0.4 is 9.88 Å². The molecule has 0 atom stereocenters. The smallest absolute Gasteiger partial charge is 0.241 e. The fourth-order valence-corrected chi connectivity index (χ4v) is 1.49. The lowest BCUT2D eigenvalue weighted by Gasteiger charge is -2.05. The van der Waals surface area contributed by atoms with E-state index < -0.39 is 26.6 Å². The Morgan fingerprint density at radius 1 is 1.29 bits per heavy atom. The van der Waals surface area contributed by atoms with E-state index in [0.717, 1.165) is 19.2 Å². The second-order valence-corrected chi connectivity index (χ2v) is 3.97. The normalized spacial score (nSPS) is 11.4. The predicted molar refractivity (Wildman–Crippen MR) is 44.3 cm³/mol. The van der Waals surface area contributed by atoms with E-state index in [1.165, 1.54) is 0 Å². The number of nitrogens with two attached hydrogens (primary N) is 1. The molecule has 2 N–H and O–H groups in total. The average molecular weight is 223 g/mol. The van der Waals surface area contributed by atoms with Crippen molar-refractivity contribution in [1.82, 2.24) is 0 Å². The summed E-state index contributed by atoms with van der Waals surface area (Å²) in [6.07, 6.45) is 0. The average Bonchev–Trinajstić information content (AvgIpc) is 2.07. The summed E-state index contributed by atoms with van der Waals surface area (Å²) in [6.45, 7) is 0. The Labute approximate surface area is 79.3 Å². The van der Waals surface area contributed by atoms with Gasteiger partial charge in [0.15, 0.2) is 11.6 Å². The molecule has 0 unspecified atom stereocenters. The molecule has 0 radical (unpaired) electrons. The van der Waals surface area contributed by atoms with Crippen LogP contribution in [0.1, 0.15) is 0 Å².